The molecule has 0 spiro atoms. The lowest BCUT2D eigenvalue weighted by atomic mass is 10.2. The van der Waals surface area contributed by atoms with E-state index in [-0.39, 0.29) is 0 Å². The zero-order valence-electron chi connectivity index (χ0n) is 14.8. The summed E-state index contributed by atoms with van der Waals surface area (Å²) in [6.07, 6.45) is 4.35. The summed E-state index contributed by atoms with van der Waals surface area (Å²) in [7, 11) is 3.22. The summed E-state index contributed by atoms with van der Waals surface area (Å²) in [5.74, 6) is 2.50. The minimum atomic E-state index is 0.467. The molecule has 0 saturated carbocycles. The average Bonchev–Trinajstić information content (AvgIpc) is 3.14. The van der Waals surface area contributed by atoms with Crippen molar-refractivity contribution in [3.05, 3.63) is 65.8 Å². The van der Waals surface area contributed by atoms with E-state index in [0.717, 1.165) is 17.8 Å². The van der Waals surface area contributed by atoms with Crippen LogP contribution in [0.25, 0.3) is 12.2 Å². The molecule has 1 heterocycles. The summed E-state index contributed by atoms with van der Waals surface area (Å²) < 4.78 is 15.8. The number of nitrogens with zero attached hydrogens (tertiary/aromatic N) is 2. The summed E-state index contributed by atoms with van der Waals surface area (Å²) in [6.45, 7) is 0.738. The first kappa shape index (κ1) is 17.5. The molecule has 0 bridgehead atoms. The van der Waals surface area contributed by atoms with Gasteiger partial charge in [0.15, 0.2) is 17.3 Å². The van der Waals surface area contributed by atoms with E-state index in [1.54, 1.807) is 20.3 Å². The smallest absolute Gasteiger partial charge is 0.250 e. The van der Waals surface area contributed by atoms with E-state index in [9.17, 15) is 0 Å². The summed E-state index contributed by atoms with van der Waals surface area (Å²) in [5.41, 5.74) is 2.03. The third kappa shape index (κ3) is 4.63. The Morgan fingerprint density at radius 3 is 2.58 bits per heavy atom. The molecule has 6 nitrogen and oxygen atoms in total. The number of benzene rings is 2. The standard InChI is InChI=1S/C20H21N3O3/c1-24-17-10-8-15(14-18(17)25-2)9-11-20-22-19(23-26-20)12-13-21-16-6-4-3-5-7-16/h3-11,14,21H,12-13H2,1-2H3. The Morgan fingerprint density at radius 2 is 1.81 bits per heavy atom. The van der Waals surface area contributed by atoms with E-state index in [0.29, 0.717) is 29.6 Å². The highest BCUT2D eigenvalue weighted by Gasteiger charge is 2.05. The van der Waals surface area contributed by atoms with Crippen molar-refractivity contribution < 1.29 is 14.0 Å². The Labute approximate surface area is 152 Å². The molecule has 0 aliphatic carbocycles. The molecule has 0 saturated heterocycles. The monoisotopic (exact) mass is 351 g/mol. The molecule has 26 heavy (non-hydrogen) atoms. The van der Waals surface area contributed by atoms with Crippen molar-refractivity contribution in [2.75, 3.05) is 26.1 Å². The number of aromatic nitrogens is 2. The molecular formula is C20H21N3O3. The first-order valence-corrected chi connectivity index (χ1v) is 8.30. The van der Waals surface area contributed by atoms with Crippen molar-refractivity contribution in [3.63, 3.8) is 0 Å². The van der Waals surface area contributed by atoms with Crippen LogP contribution in [0, 0.1) is 0 Å². The van der Waals surface area contributed by atoms with Crippen LogP contribution in [0.4, 0.5) is 5.69 Å². The zero-order valence-corrected chi connectivity index (χ0v) is 14.8. The van der Waals surface area contributed by atoms with E-state index < -0.39 is 0 Å². The van der Waals surface area contributed by atoms with Gasteiger partial charge in [-0.15, -0.1) is 0 Å². The second-order valence-electron chi connectivity index (χ2n) is 5.54. The van der Waals surface area contributed by atoms with Crippen molar-refractivity contribution in [2.24, 2.45) is 0 Å². The molecule has 1 N–H and O–H groups in total. The summed E-state index contributed by atoms with van der Waals surface area (Å²) in [6, 6.07) is 15.7. The maximum atomic E-state index is 5.30. The minimum Gasteiger partial charge on any atom is -0.493 e. The van der Waals surface area contributed by atoms with E-state index in [2.05, 4.69) is 15.5 Å². The molecular weight excluding hydrogens is 330 g/mol. The van der Waals surface area contributed by atoms with Gasteiger partial charge >= 0.3 is 0 Å². The number of rotatable bonds is 8. The van der Waals surface area contributed by atoms with Crippen LogP contribution in [0.3, 0.4) is 0 Å². The average molecular weight is 351 g/mol. The van der Waals surface area contributed by atoms with Crippen LogP contribution >= 0.6 is 0 Å². The highest BCUT2D eigenvalue weighted by molar-refractivity contribution is 5.67. The molecule has 0 aliphatic heterocycles. The lowest BCUT2D eigenvalue weighted by Gasteiger charge is -2.07. The molecule has 3 rings (SSSR count). The first-order chi connectivity index (χ1) is 12.8. The Kier molecular flexibility index (Phi) is 5.88. The van der Waals surface area contributed by atoms with Crippen molar-refractivity contribution in [3.8, 4) is 11.5 Å². The number of para-hydroxylation sites is 1. The maximum Gasteiger partial charge on any atom is 0.250 e. The van der Waals surface area contributed by atoms with E-state index >= 15 is 0 Å². The van der Waals surface area contributed by atoms with Gasteiger partial charge in [0.25, 0.3) is 5.89 Å². The lowest BCUT2D eigenvalue weighted by Crippen LogP contribution is -2.05. The Bertz CT molecular complexity index is 860. The predicted molar refractivity (Wildman–Crippen MR) is 101 cm³/mol. The third-order valence-electron chi connectivity index (χ3n) is 3.76. The SMILES string of the molecule is COc1ccc(C=Cc2nc(CCNc3ccccc3)no2)cc1OC. The van der Waals surface area contributed by atoms with Crippen molar-refractivity contribution in [1.82, 2.24) is 10.1 Å². The van der Waals surface area contributed by atoms with Crippen LogP contribution in [-0.2, 0) is 6.42 Å². The van der Waals surface area contributed by atoms with Gasteiger partial charge in [0.2, 0.25) is 0 Å². The van der Waals surface area contributed by atoms with Gasteiger partial charge in [-0.3, -0.25) is 0 Å². The highest BCUT2D eigenvalue weighted by atomic mass is 16.5. The Balaban J connectivity index is 1.57. The fourth-order valence-electron chi connectivity index (χ4n) is 2.44. The summed E-state index contributed by atoms with van der Waals surface area (Å²) >= 11 is 0. The number of methoxy groups -OCH3 is 2. The van der Waals surface area contributed by atoms with Crippen LogP contribution in [0.5, 0.6) is 11.5 Å². The zero-order chi connectivity index (χ0) is 18.2. The molecule has 1 aromatic heterocycles. The summed E-state index contributed by atoms with van der Waals surface area (Å²) in [5, 5.41) is 7.32. The molecule has 0 fully saturated rings. The van der Waals surface area contributed by atoms with Crippen LogP contribution < -0.4 is 14.8 Å². The summed E-state index contributed by atoms with van der Waals surface area (Å²) in [4.78, 5) is 4.37. The number of hydrogen-bond acceptors (Lipinski definition) is 6. The van der Waals surface area contributed by atoms with Gasteiger partial charge in [-0.1, -0.05) is 29.4 Å². The fourth-order valence-corrected chi connectivity index (χ4v) is 2.44. The topological polar surface area (TPSA) is 69.4 Å². The van der Waals surface area contributed by atoms with Crippen molar-refractivity contribution in [1.29, 1.82) is 0 Å². The van der Waals surface area contributed by atoms with Crippen molar-refractivity contribution in [2.45, 2.75) is 6.42 Å². The van der Waals surface area contributed by atoms with Crippen LogP contribution in [0.15, 0.2) is 53.1 Å². The van der Waals surface area contributed by atoms with Crippen LogP contribution in [0.1, 0.15) is 17.3 Å². The normalized spacial score (nSPS) is 10.8. The number of nitrogens with one attached hydrogen (secondary N) is 1. The largest absolute Gasteiger partial charge is 0.493 e. The van der Waals surface area contributed by atoms with Gasteiger partial charge in [0, 0.05) is 24.7 Å². The highest BCUT2D eigenvalue weighted by Crippen LogP contribution is 2.28. The lowest BCUT2D eigenvalue weighted by molar-refractivity contribution is 0.355. The van der Waals surface area contributed by atoms with Gasteiger partial charge in [-0.25, -0.2) is 0 Å². The third-order valence-corrected chi connectivity index (χ3v) is 3.76. The van der Waals surface area contributed by atoms with Gasteiger partial charge in [0.05, 0.1) is 14.2 Å². The minimum absolute atomic E-state index is 0.467. The molecule has 0 unspecified atom stereocenters. The predicted octanol–water partition coefficient (Wildman–Crippen LogP) is 3.91. The van der Waals surface area contributed by atoms with Gasteiger partial charge in [-0.05, 0) is 35.9 Å². The molecule has 0 radical (unpaired) electrons. The second-order valence-corrected chi connectivity index (χ2v) is 5.54. The van der Waals surface area contributed by atoms with Crippen LogP contribution in [-0.4, -0.2) is 30.9 Å². The number of anilines is 1. The van der Waals surface area contributed by atoms with Crippen LogP contribution in [0.2, 0.25) is 0 Å². The molecule has 0 atom stereocenters. The van der Waals surface area contributed by atoms with Gasteiger partial charge < -0.3 is 19.3 Å². The van der Waals surface area contributed by atoms with Gasteiger partial charge in [-0.2, -0.15) is 4.98 Å². The quantitative estimate of drug-likeness (QED) is 0.663. The number of ether oxygens (including phenoxy) is 2. The molecule has 6 heteroatoms. The first-order valence-electron chi connectivity index (χ1n) is 8.30. The molecule has 3 aromatic rings. The molecule has 2 aromatic carbocycles. The second kappa shape index (κ2) is 8.71. The van der Waals surface area contributed by atoms with Gasteiger partial charge in [0.1, 0.15) is 0 Å². The van der Waals surface area contributed by atoms with E-state index in [1.807, 2.05) is 54.6 Å². The Morgan fingerprint density at radius 1 is 1.00 bits per heavy atom. The Hall–Kier alpha value is -3.28. The van der Waals surface area contributed by atoms with E-state index in [1.165, 1.54) is 0 Å². The van der Waals surface area contributed by atoms with E-state index in [4.69, 9.17) is 14.0 Å². The van der Waals surface area contributed by atoms with Crippen molar-refractivity contribution >= 4 is 17.8 Å². The number of hydrogen-bond donors (Lipinski definition) is 1. The maximum absolute atomic E-state index is 5.30. The molecule has 0 amide bonds. The fraction of sp³-hybridized carbons (Fsp3) is 0.200. The molecule has 134 valence electrons. The molecule has 0 aliphatic rings.